The lowest BCUT2D eigenvalue weighted by molar-refractivity contribution is -0.113. The van der Waals surface area contributed by atoms with Gasteiger partial charge >= 0.3 is 0 Å². The molecule has 2 N–H and O–H groups in total. The molecule has 3 aromatic carbocycles. The normalized spacial score (nSPS) is 14.9. The molecule has 1 unspecified atom stereocenters. The molecule has 3 aromatic rings. The summed E-state index contributed by atoms with van der Waals surface area (Å²) in [5.74, 6) is 0.0218. The fourth-order valence-corrected chi connectivity index (χ4v) is 5.45. The fraction of sp³-hybridized carbons (Fsp3) is 0.138. The van der Waals surface area contributed by atoms with E-state index in [1.165, 1.54) is 18.9 Å². The third kappa shape index (κ3) is 5.65. The van der Waals surface area contributed by atoms with Gasteiger partial charge < -0.3 is 15.4 Å². The minimum absolute atomic E-state index is 0.363. The number of nitrogens with zero attached hydrogens (tertiary/aromatic N) is 2. The van der Waals surface area contributed by atoms with Gasteiger partial charge in [0.05, 0.1) is 47.0 Å². The molecule has 6 nitrogen and oxygen atoms in total. The number of thioether (sulfide) groups is 1. The molecule has 1 heterocycles. The molecule has 0 aliphatic carbocycles. The molecule has 0 saturated carbocycles. The Morgan fingerprint density at radius 2 is 1.84 bits per heavy atom. The monoisotopic (exact) mass is 526 g/mol. The highest BCUT2D eigenvalue weighted by Gasteiger charge is 2.36. The quantitative estimate of drug-likeness (QED) is 0.365. The van der Waals surface area contributed by atoms with Crippen molar-refractivity contribution in [1.82, 2.24) is 5.32 Å². The molecule has 0 fully saturated rings. The number of hydrogen-bond acceptors (Lipinski definition) is 6. The van der Waals surface area contributed by atoms with Crippen LogP contribution in [0.15, 0.2) is 94.7 Å². The molecule has 0 aromatic heterocycles. The number of ether oxygens (including phenoxy) is 1. The molecule has 184 valence electrons. The van der Waals surface area contributed by atoms with Crippen molar-refractivity contribution in [2.75, 3.05) is 12.4 Å². The van der Waals surface area contributed by atoms with Crippen LogP contribution in [0.4, 0.5) is 5.69 Å². The zero-order valence-corrected chi connectivity index (χ0v) is 21.8. The van der Waals surface area contributed by atoms with Gasteiger partial charge in [-0.05, 0) is 48.4 Å². The number of carbonyl (C=O) groups is 1. The molecule has 0 spiro atoms. The number of dihydropyridines is 1. The van der Waals surface area contributed by atoms with Gasteiger partial charge in [-0.2, -0.15) is 10.5 Å². The molecule has 1 atom stereocenters. The van der Waals surface area contributed by atoms with Crippen LogP contribution in [0.3, 0.4) is 0 Å². The molecule has 4 rings (SSSR count). The lowest BCUT2D eigenvalue weighted by atomic mass is 9.82. The number of allylic oxidation sites excluding steroid dienone is 2. The number of carbonyl (C=O) groups excluding carboxylic acids is 1. The number of halogens is 1. The smallest absolute Gasteiger partial charge is 0.254 e. The second-order valence-corrected chi connectivity index (χ2v) is 9.62. The number of hydrogen-bond donors (Lipinski definition) is 2. The van der Waals surface area contributed by atoms with Gasteiger partial charge in [-0.1, -0.05) is 54.1 Å². The average Bonchev–Trinajstić information content (AvgIpc) is 2.92. The summed E-state index contributed by atoms with van der Waals surface area (Å²) in [7, 11) is 1.54. The molecule has 37 heavy (non-hydrogen) atoms. The van der Waals surface area contributed by atoms with E-state index in [0.717, 1.165) is 5.56 Å². The molecule has 1 amide bonds. The number of amides is 1. The van der Waals surface area contributed by atoms with Crippen LogP contribution in [-0.2, 0) is 10.5 Å². The van der Waals surface area contributed by atoms with Crippen molar-refractivity contribution >= 4 is 35.0 Å². The number of nitrogens with one attached hydrogen (secondary N) is 2. The Morgan fingerprint density at radius 3 is 2.57 bits per heavy atom. The summed E-state index contributed by atoms with van der Waals surface area (Å²) in [6.07, 6.45) is 0. The lowest BCUT2D eigenvalue weighted by Gasteiger charge is -2.30. The number of nitriles is 2. The van der Waals surface area contributed by atoms with Gasteiger partial charge in [0.2, 0.25) is 0 Å². The summed E-state index contributed by atoms with van der Waals surface area (Å²) in [5, 5.41) is 26.8. The summed E-state index contributed by atoms with van der Waals surface area (Å²) in [5.41, 5.74) is 4.11. The van der Waals surface area contributed by atoms with E-state index in [0.29, 0.717) is 55.2 Å². The highest BCUT2D eigenvalue weighted by Crippen LogP contribution is 2.43. The van der Waals surface area contributed by atoms with Crippen molar-refractivity contribution in [1.29, 1.82) is 10.5 Å². The van der Waals surface area contributed by atoms with Crippen LogP contribution in [0.2, 0.25) is 5.02 Å². The standard InChI is InChI=1S/C29H23ClN4O2S/c1-18-26(28(35)34-24-12-5-6-13-25(24)36-2)27(21-10-3-4-11-23(21)30)22(16-32)29(33-18)37-17-20-9-7-8-19(14-20)15-31/h3-14,27,33H,17H2,1-2H3,(H,34,35). The third-order valence-electron chi connectivity index (χ3n) is 5.90. The van der Waals surface area contributed by atoms with Crippen LogP contribution in [0.5, 0.6) is 5.75 Å². The van der Waals surface area contributed by atoms with Crippen LogP contribution >= 0.6 is 23.4 Å². The van der Waals surface area contributed by atoms with Crippen LogP contribution in [0.25, 0.3) is 0 Å². The van der Waals surface area contributed by atoms with Crippen molar-refractivity contribution in [3.8, 4) is 17.9 Å². The van der Waals surface area contributed by atoms with Crippen LogP contribution in [0.1, 0.15) is 29.5 Å². The van der Waals surface area contributed by atoms with E-state index < -0.39 is 5.92 Å². The highest BCUT2D eigenvalue weighted by molar-refractivity contribution is 8.02. The van der Waals surface area contributed by atoms with E-state index in [-0.39, 0.29) is 5.91 Å². The first-order valence-corrected chi connectivity index (χ1v) is 12.8. The van der Waals surface area contributed by atoms with Crippen molar-refractivity contribution in [3.05, 3.63) is 116 Å². The maximum absolute atomic E-state index is 13.7. The van der Waals surface area contributed by atoms with E-state index in [1.54, 1.807) is 30.3 Å². The Balaban J connectivity index is 1.74. The Hall–Kier alpha value is -4.17. The molecule has 0 bridgehead atoms. The number of rotatable bonds is 7. The highest BCUT2D eigenvalue weighted by atomic mass is 35.5. The summed E-state index contributed by atoms with van der Waals surface area (Å²) >= 11 is 8.04. The second-order valence-electron chi connectivity index (χ2n) is 8.23. The SMILES string of the molecule is COc1ccccc1NC(=O)C1=C(C)NC(SCc2cccc(C#N)c2)=C(C#N)C1c1ccccc1Cl. The Kier molecular flexibility index (Phi) is 8.20. The Bertz CT molecular complexity index is 1500. The molecule has 1 aliphatic rings. The van der Waals surface area contributed by atoms with Crippen molar-refractivity contribution < 1.29 is 9.53 Å². The molecule has 0 saturated heterocycles. The predicted molar refractivity (Wildman–Crippen MR) is 147 cm³/mol. The fourth-order valence-electron chi connectivity index (χ4n) is 4.17. The largest absolute Gasteiger partial charge is 0.495 e. The van der Waals surface area contributed by atoms with Gasteiger partial charge in [0.1, 0.15) is 5.75 Å². The number of anilines is 1. The molecule has 0 radical (unpaired) electrons. The first-order valence-electron chi connectivity index (χ1n) is 11.4. The minimum Gasteiger partial charge on any atom is -0.495 e. The third-order valence-corrected chi connectivity index (χ3v) is 7.34. The van der Waals surface area contributed by atoms with E-state index in [9.17, 15) is 15.3 Å². The van der Waals surface area contributed by atoms with Crippen LogP contribution in [0, 0.1) is 22.7 Å². The second kappa shape index (κ2) is 11.7. The summed E-state index contributed by atoms with van der Waals surface area (Å²) in [6.45, 7) is 1.81. The van der Waals surface area contributed by atoms with Crippen LogP contribution in [-0.4, -0.2) is 13.0 Å². The van der Waals surface area contributed by atoms with E-state index in [1.807, 2.05) is 49.4 Å². The predicted octanol–water partition coefficient (Wildman–Crippen LogP) is 6.49. The lowest BCUT2D eigenvalue weighted by Crippen LogP contribution is -2.31. The Morgan fingerprint density at radius 1 is 1.08 bits per heavy atom. The van der Waals surface area contributed by atoms with Crippen LogP contribution < -0.4 is 15.4 Å². The van der Waals surface area contributed by atoms with Gasteiger partial charge in [0.25, 0.3) is 5.91 Å². The van der Waals surface area contributed by atoms with E-state index in [4.69, 9.17) is 16.3 Å². The summed E-state index contributed by atoms with van der Waals surface area (Å²) in [4.78, 5) is 13.7. The first-order chi connectivity index (χ1) is 18.0. The summed E-state index contributed by atoms with van der Waals surface area (Å²) in [6, 6.07) is 26.2. The number of benzene rings is 3. The van der Waals surface area contributed by atoms with Gasteiger partial charge in [-0.15, -0.1) is 11.8 Å². The van der Waals surface area contributed by atoms with Gasteiger partial charge in [-0.25, -0.2) is 0 Å². The van der Waals surface area contributed by atoms with Crippen molar-refractivity contribution in [3.63, 3.8) is 0 Å². The minimum atomic E-state index is -0.678. The molecular formula is C29H23ClN4O2S. The Labute approximate surface area is 225 Å². The van der Waals surface area contributed by atoms with E-state index in [2.05, 4.69) is 22.8 Å². The van der Waals surface area contributed by atoms with E-state index >= 15 is 0 Å². The maximum Gasteiger partial charge on any atom is 0.254 e. The van der Waals surface area contributed by atoms with Gasteiger partial charge in [-0.3, -0.25) is 4.79 Å². The van der Waals surface area contributed by atoms with Gasteiger partial charge in [0.15, 0.2) is 0 Å². The molecule has 1 aliphatic heterocycles. The maximum atomic E-state index is 13.7. The average molecular weight is 527 g/mol. The summed E-state index contributed by atoms with van der Waals surface area (Å²) < 4.78 is 5.39. The first kappa shape index (κ1) is 25.9. The van der Waals surface area contributed by atoms with Gasteiger partial charge in [0, 0.05) is 22.0 Å². The van der Waals surface area contributed by atoms with Crippen molar-refractivity contribution in [2.45, 2.75) is 18.6 Å². The number of para-hydroxylation sites is 2. The van der Waals surface area contributed by atoms with Crippen molar-refractivity contribution in [2.24, 2.45) is 0 Å². The zero-order chi connectivity index (χ0) is 26.4. The topological polar surface area (TPSA) is 97.9 Å². The zero-order valence-electron chi connectivity index (χ0n) is 20.2. The number of methoxy groups -OCH3 is 1. The molecule has 8 heteroatoms. The molecular weight excluding hydrogens is 504 g/mol.